The summed E-state index contributed by atoms with van der Waals surface area (Å²) in [5.74, 6) is -0.940. The van der Waals surface area contributed by atoms with Gasteiger partial charge in [0, 0.05) is 29.1 Å². The van der Waals surface area contributed by atoms with Crippen molar-refractivity contribution in [3.05, 3.63) is 130 Å². The van der Waals surface area contributed by atoms with Crippen LogP contribution in [0.1, 0.15) is 30.5 Å². The molecule has 1 atom stereocenters. The summed E-state index contributed by atoms with van der Waals surface area (Å²) >= 11 is 12.9. The minimum absolute atomic E-state index is 0.0169. The molecular weight excluding hydrogens is 617 g/mol. The van der Waals surface area contributed by atoms with Gasteiger partial charge in [0.15, 0.2) is 0 Å². The number of carbonyl (C=O) groups is 2. The summed E-state index contributed by atoms with van der Waals surface area (Å²) in [7, 11) is -4.23. The number of nitrogens with one attached hydrogen (secondary N) is 1. The van der Waals surface area contributed by atoms with E-state index in [1.54, 1.807) is 61.5 Å². The van der Waals surface area contributed by atoms with Gasteiger partial charge in [-0.05, 0) is 67.8 Å². The monoisotopic (exact) mass is 651 g/mol. The molecule has 0 heterocycles. The second kappa shape index (κ2) is 14.8. The van der Waals surface area contributed by atoms with Gasteiger partial charge in [-0.2, -0.15) is 0 Å². The van der Waals surface area contributed by atoms with Gasteiger partial charge in [-0.1, -0.05) is 96.0 Å². The summed E-state index contributed by atoms with van der Waals surface area (Å²) < 4.78 is 29.3. The molecule has 0 spiro atoms. The average Bonchev–Trinajstić information content (AvgIpc) is 3.00. The van der Waals surface area contributed by atoms with Crippen LogP contribution >= 0.6 is 23.2 Å². The molecule has 0 aliphatic heterocycles. The Morgan fingerprint density at radius 3 is 2.09 bits per heavy atom. The van der Waals surface area contributed by atoms with Crippen LogP contribution in [0, 0.1) is 6.92 Å². The number of benzene rings is 4. The topological polar surface area (TPSA) is 86.8 Å². The molecule has 7 nitrogen and oxygen atoms in total. The highest BCUT2D eigenvalue weighted by atomic mass is 35.5. The third-order valence-corrected chi connectivity index (χ3v) is 9.43. The van der Waals surface area contributed by atoms with Gasteiger partial charge in [-0.15, -0.1) is 0 Å². The number of amides is 2. The van der Waals surface area contributed by atoms with Crippen LogP contribution in [-0.2, 0) is 32.6 Å². The first-order chi connectivity index (χ1) is 21.0. The zero-order valence-electron chi connectivity index (χ0n) is 24.8. The van der Waals surface area contributed by atoms with Gasteiger partial charge in [0.1, 0.15) is 12.6 Å². The summed E-state index contributed by atoms with van der Waals surface area (Å²) in [4.78, 5) is 29.7. The summed E-state index contributed by atoms with van der Waals surface area (Å²) in [6, 6.07) is 28.1. The van der Waals surface area contributed by atoms with Crippen LogP contribution in [0.5, 0.6) is 0 Å². The van der Waals surface area contributed by atoms with Crippen LogP contribution in [0.3, 0.4) is 0 Å². The second-order valence-electron chi connectivity index (χ2n) is 10.7. The molecule has 0 radical (unpaired) electrons. The SMILES string of the molecule is Cc1ccc(Cl)cc1N(CC(=O)N(Cc1ccccc1Cl)C(Cc1ccccc1)C(=O)NC(C)C)S(=O)(=O)c1ccccc1. The lowest BCUT2D eigenvalue weighted by Crippen LogP contribution is -2.54. The third kappa shape index (κ3) is 8.20. The van der Waals surface area contributed by atoms with E-state index in [0.717, 1.165) is 9.87 Å². The summed E-state index contributed by atoms with van der Waals surface area (Å²) in [6.45, 7) is 4.83. The van der Waals surface area contributed by atoms with Crippen LogP contribution < -0.4 is 9.62 Å². The van der Waals surface area contributed by atoms with Crippen LogP contribution in [0.15, 0.2) is 108 Å². The van der Waals surface area contributed by atoms with Crippen molar-refractivity contribution in [1.29, 1.82) is 0 Å². The minimum atomic E-state index is -4.23. The molecule has 0 bridgehead atoms. The first-order valence-corrected chi connectivity index (χ1v) is 16.4. The lowest BCUT2D eigenvalue weighted by Gasteiger charge is -2.34. The van der Waals surface area contributed by atoms with E-state index in [0.29, 0.717) is 21.2 Å². The largest absolute Gasteiger partial charge is 0.352 e. The average molecular weight is 653 g/mol. The highest BCUT2D eigenvalue weighted by Gasteiger charge is 2.35. The molecule has 0 fully saturated rings. The van der Waals surface area contributed by atoms with Crippen LogP contribution in [-0.4, -0.2) is 43.8 Å². The third-order valence-electron chi connectivity index (χ3n) is 7.05. The fraction of sp³-hybridized carbons (Fsp3) is 0.235. The highest BCUT2D eigenvalue weighted by Crippen LogP contribution is 2.30. The Morgan fingerprint density at radius 1 is 0.841 bits per heavy atom. The molecule has 10 heteroatoms. The molecule has 4 rings (SSSR count). The fourth-order valence-electron chi connectivity index (χ4n) is 4.83. The zero-order valence-corrected chi connectivity index (χ0v) is 27.1. The number of carbonyl (C=O) groups excluding carboxylic acids is 2. The van der Waals surface area contributed by atoms with Crippen LogP contribution in [0.25, 0.3) is 0 Å². The van der Waals surface area contributed by atoms with E-state index >= 15 is 0 Å². The Labute approximate surface area is 269 Å². The maximum atomic E-state index is 14.5. The lowest BCUT2D eigenvalue weighted by atomic mass is 10.0. The molecule has 0 aliphatic rings. The van der Waals surface area contributed by atoms with Gasteiger partial charge in [-0.25, -0.2) is 8.42 Å². The molecule has 4 aromatic rings. The lowest BCUT2D eigenvalue weighted by molar-refractivity contribution is -0.140. The normalized spacial score (nSPS) is 12.0. The molecule has 1 N–H and O–H groups in total. The predicted octanol–water partition coefficient (Wildman–Crippen LogP) is 6.66. The molecule has 0 saturated carbocycles. The van der Waals surface area contributed by atoms with E-state index in [-0.39, 0.29) is 35.5 Å². The maximum absolute atomic E-state index is 14.5. The van der Waals surface area contributed by atoms with Gasteiger partial charge in [0.05, 0.1) is 10.6 Å². The molecule has 2 amide bonds. The Kier molecular flexibility index (Phi) is 11.1. The number of nitrogens with zero attached hydrogens (tertiary/aromatic N) is 2. The van der Waals surface area contributed by atoms with E-state index in [1.807, 2.05) is 44.2 Å². The molecular formula is C34H35Cl2N3O4S. The van der Waals surface area contributed by atoms with Gasteiger partial charge >= 0.3 is 0 Å². The van der Waals surface area contributed by atoms with E-state index in [4.69, 9.17) is 23.2 Å². The van der Waals surface area contributed by atoms with E-state index in [9.17, 15) is 18.0 Å². The molecule has 44 heavy (non-hydrogen) atoms. The molecule has 0 saturated heterocycles. The van der Waals surface area contributed by atoms with Gasteiger partial charge in [-0.3, -0.25) is 13.9 Å². The number of rotatable bonds is 12. The van der Waals surface area contributed by atoms with Gasteiger partial charge in [0.25, 0.3) is 10.0 Å². The van der Waals surface area contributed by atoms with Crippen molar-refractivity contribution in [2.75, 3.05) is 10.8 Å². The molecule has 1 unspecified atom stereocenters. The second-order valence-corrected chi connectivity index (χ2v) is 13.4. The molecule has 4 aromatic carbocycles. The fourth-order valence-corrected chi connectivity index (χ4v) is 6.68. The van der Waals surface area contributed by atoms with Crippen LogP contribution in [0.2, 0.25) is 10.0 Å². The Hall–Kier alpha value is -3.85. The summed E-state index contributed by atoms with van der Waals surface area (Å²) in [5, 5.41) is 3.68. The van der Waals surface area contributed by atoms with Crippen molar-refractivity contribution in [1.82, 2.24) is 10.2 Å². The van der Waals surface area contributed by atoms with Crippen molar-refractivity contribution < 1.29 is 18.0 Å². The van der Waals surface area contributed by atoms with Crippen molar-refractivity contribution in [2.24, 2.45) is 0 Å². The van der Waals surface area contributed by atoms with Gasteiger partial charge in [0.2, 0.25) is 11.8 Å². The zero-order chi connectivity index (χ0) is 31.9. The molecule has 230 valence electrons. The minimum Gasteiger partial charge on any atom is -0.352 e. The van der Waals surface area contributed by atoms with Crippen molar-refractivity contribution in [3.8, 4) is 0 Å². The number of aryl methyl sites for hydroxylation is 1. The van der Waals surface area contributed by atoms with Crippen molar-refractivity contribution >= 4 is 50.7 Å². The molecule has 0 aromatic heterocycles. The maximum Gasteiger partial charge on any atom is 0.264 e. The smallest absolute Gasteiger partial charge is 0.264 e. The Bertz CT molecular complexity index is 1700. The highest BCUT2D eigenvalue weighted by molar-refractivity contribution is 7.92. The number of hydrogen-bond donors (Lipinski definition) is 1. The van der Waals surface area contributed by atoms with E-state index in [2.05, 4.69) is 5.32 Å². The number of hydrogen-bond acceptors (Lipinski definition) is 4. The van der Waals surface area contributed by atoms with Crippen molar-refractivity contribution in [2.45, 2.75) is 50.7 Å². The quantitative estimate of drug-likeness (QED) is 0.186. The summed E-state index contributed by atoms with van der Waals surface area (Å²) in [5.41, 5.74) is 2.33. The number of halogens is 2. The van der Waals surface area contributed by atoms with Crippen molar-refractivity contribution in [3.63, 3.8) is 0 Å². The number of anilines is 1. The van der Waals surface area contributed by atoms with E-state index < -0.39 is 28.5 Å². The first-order valence-electron chi connectivity index (χ1n) is 14.2. The Balaban J connectivity index is 1.84. The van der Waals surface area contributed by atoms with Gasteiger partial charge < -0.3 is 10.2 Å². The summed E-state index contributed by atoms with van der Waals surface area (Å²) in [6.07, 6.45) is 0.206. The predicted molar refractivity (Wildman–Crippen MR) is 176 cm³/mol. The standard InChI is InChI=1S/C34H35Cl2N3O4S/c1-24(2)37-34(41)32(20-26-12-6-4-7-13-26)38(22-27-14-10-11-17-30(27)36)33(40)23-39(31-21-28(35)19-18-25(31)3)44(42,43)29-15-8-5-9-16-29/h4-19,21,24,32H,20,22-23H2,1-3H3,(H,37,41). The van der Waals surface area contributed by atoms with E-state index in [1.165, 1.54) is 23.1 Å². The number of sulfonamides is 1. The molecule has 0 aliphatic carbocycles. The van der Waals surface area contributed by atoms with Crippen LogP contribution in [0.4, 0.5) is 5.69 Å². The first kappa shape index (κ1) is 33.1. The Morgan fingerprint density at radius 2 is 1.45 bits per heavy atom.